The normalized spacial score (nSPS) is 12.5. The number of furan rings is 1. The molecule has 14 aromatic rings. The van der Waals surface area contributed by atoms with E-state index in [1.54, 1.807) is 0 Å². The minimum Gasteiger partial charge on any atom is -0.509 e. The summed E-state index contributed by atoms with van der Waals surface area (Å²) < 4.78 is 16.6. The van der Waals surface area contributed by atoms with E-state index < -0.39 is 0 Å². The summed E-state index contributed by atoms with van der Waals surface area (Å²) in [6.45, 7) is 15.5. The van der Waals surface area contributed by atoms with E-state index in [1.807, 2.05) is 12.3 Å². The molecular weight excluding hydrogens is 1210 g/mol. The van der Waals surface area contributed by atoms with Crippen molar-refractivity contribution in [1.29, 1.82) is 0 Å². The zero-order chi connectivity index (χ0) is 56.1. The van der Waals surface area contributed by atoms with Crippen LogP contribution in [-0.4, -0.2) is 9.55 Å². The smallest absolute Gasteiger partial charge is 0.143 e. The van der Waals surface area contributed by atoms with Crippen molar-refractivity contribution in [2.45, 2.75) is 47.0 Å². The molecule has 410 valence electrons. The molecule has 0 saturated heterocycles. The maximum absolute atomic E-state index is 7.18. The minimum atomic E-state index is -0.127. The SMILES string of the molecule is Cc1cc(C)c(-c2cc(Oc3[c-]c4c(cc3)c3oc5c6ccccc6c6ccccc6c5c3n4-c3cc(C(C)(C)C)ccn3)[c-]c(N3[CH-]N(c4c(-c5ccccc5)cccc4-c4cccc(-c5ccccc5)c4)c4ccccc43)c2)c(C)c1.[Pt]. The molecule has 4 heterocycles. The fourth-order valence-corrected chi connectivity index (χ4v) is 12.8. The summed E-state index contributed by atoms with van der Waals surface area (Å²) in [5.41, 5.74) is 20.9. The van der Waals surface area contributed by atoms with E-state index in [9.17, 15) is 0 Å². The molecule has 84 heavy (non-hydrogen) atoms. The molecular formula is C77H57N4O2Pt-3. The van der Waals surface area contributed by atoms with Crippen molar-refractivity contribution in [2.24, 2.45) is 0 Å². The first kappa shape index (κ1) is 52.6. The van der Waals surface area contributed by atoms with E-state index >= 15 is 0 Å². The van der Waals surface area contributed by atoms with Crippen LogP contribution in [0.2, 0.25) is 0 Å². The second-order valence-electron chi connectivity index (χ2n) is 23.0. The van der Waals surface area contributed by atoms with Crippen LogP contribution in [0.5, 0.6) is 11.5 Å². The summed E-state index contributed by atoms with van der Waals surface area (Å²) in [4.78, 5) is 9.73. The van der Waals surface area contributed by atoms with Gasteiger partial charge in [0.1, 0.15) is 17.0 Å². The van der Waals surface area contributed by atoms with Gasteiger partial charge in [0.25, 0.3) is 0 Å². The number of nitrogens with zero attached hydrogens (tertiary/aromatic N) is 4. The molecule has 15 rings (SSSR count). The van der Waals surface area contributed by atoms with Crippen molar-refractivity contribution in [3.05, 3.63) is 272 Å². The van der Waals surface area contributed by atoms with Crippen molar-refractivity contribution in [1.82, 2.24) is 9.55 Å². The van der Waals surface area contributed by atoms with Gasteiger partial charge in [-0.25, -0.2) is 4.98 Å². The van der Waals surface area contributed by atoms with Crippen LogP contribution in [0.15, 0.2) is 235 Å². The van der Waals surface area contributed by atoms with Crippen LogP contribution in [0.1, 0.15) is 43.0 Å². The summed E-state index contributed by atoms with van der Waals surface area (Å²) >= 11 is 0. The van der Waals surface area contributed by atoms with Crippen LogP contribution in [0.3, 0.4) is 0 Å². The van der Waals surface area contributed by atoms with E-state index in [4.69, 9.17) is 14.1 Å². The van der Waals surface area contributed by atoms with E-state index in [1.165, 1.54) is 33.2 Å². The third-order valence-corrected chi connectivity index (χ3v) is 16.5. The second kappa shape index (κ2) is 20.7. The standard InChI is InChI=1S/C77H57N4O2.Pt/c1-48-39-49(2)71(50(3)40-48)55-42-57(79-47-80(68-34-18-17-33-67(68)79)73-60(52-23-11-8-12-24-52)31-20-32-61(73)54-26-19-25-53(41-54)51-21-9-7-10-22-51)45-59(43-55)82-58-35-36-66-69(46-58)81(70-44-56(37-38-78-70)77(4,5)6)74-72-64-29-15-13-27-62(64)63-28-14-16-30-65(63)75(72)83-76(66)74;/h7-44,47H,1-6H3;/q-3;. The minimum absolute atomic E-state index is 0. The summed E-state index contributed by atoms with van der Waals surface area (Å²) in [6, 6.07) is 87.6. The number of ether oxygens (including phenoxy) is 1. The van der Waals surface area contributed by atoms with E-state index in [0.29, 0.717) is 11.5 Å². The average Bonchev–Trinajstić information content (AvgIpc) is 1.66. The van der Waals surface area contributed by atoms with Crippen molar-refractivity contribution in [2.75, 3.05) is 9.80 Å². The van der Waals surface area contributed by atoms with Gasteiger partial charge >= 0.3 is 0 Å². The van der Waals surface area contributed by atoms with Gasteiger partial charge in [-0.2, -0.15) is 6.07 Å². The first-order valence-electron chi connectivity index (χ1n) is 28.4. The number of aromatic nitrogens is 2. The number of fused-ring (bicyclic) bond motifs is 11. The number of aryl methyl sites for hydroxylation is 3. The van der Waals surface area contributed by atoms with Gasteiger partial charge in [-0.15, -0.1) is 48.3 Å². The van der Waals surface area contributed by atoms with Crippen molar-refractivity contribution < 1.29 is 30.2 Å². The van der Waals surface area contributed by atoms with Crippen LogP contribution in [0.25, 0.3) is 105 Å². The molecule has 1 aliphatic heterocycles. The number of benzene rings is 11. The molecule has 0 N–H and O–H groups in total. The molecule has 11 aromatic carbocycles. The van der Waals surface area contributed by atoms with Crippen molar-refractivity contribution in [3.8, 4) is 61.8 Å². The third-order valence-electron chi connectivity index (χ3n) is 16.5. The number of hydrogen-bond donors (Lipinski definition) is 0. The number of para-hydroxylation sites is 3. The third kappa shape index (κ3) is 8.87. The Morgan fingerprint density at radius 3 is 1.82 bits per heavy atom. The van der Waals surface area contributed by atoms with Gasteiger partial charge < -0.3 is 23.5 Å². The van der Waals surface area contributed by atoms with Gasteiger partial charge in [0.2, 0.25) is 0 Å². The van der Waals surface area contributed by atoms with E-state index in [2.05, 4.69) is 293 Å². The Kier molecular flexibility index (Phi) is 13.0. The molecule has 0 amide bonds. The van der Waals surface area contributed by atoms with Gasteiger partial charge in [0.15, 0.2) is 0 Å². The predicted octanol–water partition coefficient (Wildman–Crippen LogP) is 20.9. The van der Waals surface area contributed by atoms with E-state index in [-0.39, 0.29) is 26.5 Å². The Balaban J connectivity index is 0.00000627. The van der Waals surface area contributed by atoms with Crippen LogP contribution in [0.4, 0.5) is 22.7 Å². The number of anilines is 4. The largest absolute Gasteiger partial charge is 0.509 e. The molecule has 3 aromatic heterocycles. The zero-order valence-electron chi connectivity index (χ0n) is 47.4. The molecule has 0 fully saturated rings. The quantitative estimate of drug-likeness (QED) is 0.106. The Labute approximate surface area is 504 Å². The summed E-state index contributed by atoms with van der Waals surface area (Å²) in [5, 5.41) is 6.45. The average molecular weight is 1270 g/mol. The summed E-state index contributed by atoms with van der Waals surface area (Å²) in [7, 11) is 0. The van der Waals surface area contributed by atoms with Crippen LogP contribution in [-0.2, 0) is 26.5 Å². The molecule has 0 radical (unpaired) electrons. The Hall–Kier alpha value is -9.48. The Morgan fingerprint density at radius 2 is 1.10 bits per heavy atom. The van der Waals surface area contributed by atoms with Gasteiger partial charge in [-0.1, -0.05) is 207 Å². The zero-order valence-corrected chi connectivity index (χ0v) is 49.7. The molecule has 0 aliphatic carbocycles. The summed E-state index contributed by atoms with van der Waals surface area (Å²) in [5.74, 6) is 1.87. The second-order valence-corrected chi connectivity index (χ2v) is 23.0. The first-order chi connectivity index (χ1) is 40.5. The monoisotopic (exact) mass is 1260 g/mol. The number of rotatable bonds is 9. The number of pyridine rings is 1. The maximum atomic E-state index is 7.18. The molecule has 0 saturated carbocycles. The van der Waals surface area contributed by atoms with Gasteiger partial charge in [0.05, 0.1) is 10.9 Å². The fraction of sp³-hybridized carbons (Fsp3) is 0.0909. The predicted molar refractivity (Wildman–Crippen MR) is 344 cm³/mol. The van der Waals surface area contributed by atoms with Crippen molar-refractivity contribution >= 4 is 77.3 Å². The first-order valence-corrected chi connectivity index (χ1v) is 28.4. The van der Waals surface area contributed by atoms with Gasteiger partial charge in [-0.05, 0) is 117 Å². The Bertz CT molecular complexity index is 4880. The Morgan fingerprint density at radius 1 is 0.488 bits per heavy atom. The molecule has 0 unspecified atom stereocenters. The van der Waals surface area contributed by atoms with Crippen LogP contribution in [0, 0.1) is 39.6 Å². The van der Waals surface area contributed by atoms with Gasteiger partial charge in [-0.3, -0.25) is 0 Å². The molecule has 0 atom stereocenters. The maximum Gasteiger partial charge on any atom is 0.143 e. The molecule has 0 spiro atoms. The van der Waals surface area contributed by atoms with Crippen molar-refractivity contribution in [3.63, 3.8) is 0 Å². The topological polar surface area (TPSA) is 46.7 Å². The summed E-state index contributed by atoms with van der Waals surface area (Å²) in [6.07, 6.45) is 1.92. The fourth-order valence-electron chi connectivity index (χ4n) is 12.8. The molecule has 6 nitrogen and oxygen atoms in total. The molecule has 0 bridgehead atoms. The number of hydrogen-bond acceptors (Lipinski definition) is 5. The van der Waals surface area contributed by atoms with Crippen LogP contribution < -0.4 is 14.5 Å². The molecule has 1 aliphatic rings. The van der Waals surface area contributed by atoms with Crippen LogP contribution >= 0.6 is 0 Å². The van der Waals surface area contributed by atoms with Gasteiger partial charge in [0, 0.05) is 72.3 Å². The van der Waals surface area contributed by atoms with E-state index in [0.717, 1.165) is 117 Å². The molecule has 7 heteroatoms.